The third kappa shape index (κ3) is 28.1. The van der Waals surface area contributed by atoms with E-state index in [-0.39, 0.29) is 18.9 Å². The monoisotopic (exact) mass is 1150 g/mol. The maximum absolute atomic E-state index is 13.3. The van der Waals surface area contributed by atoms with Crippen molar-refractivity contribution in [2.75, 3.05) is 26.4 Å². The highest BCUT2D eigenvalue weighted by Gasteiger charge is 2.53. The van der Waals surface area contributed by atoms with Crippen molar-refractivity contribution >= 4 is 5.91 Å². The zero-order valence-electron chi connectivity index (χ0n) is 48.5. The molecule has 3 aliphatic rings. The number of aliphatic hydroxyl groups is 11. The zero-order chi connectivity index (χ0) is 59.0. The van der Waals surface area contributed by atoms with Gasteiger partial charge in [-0.25, -0.2) is 0 Å². The molecule has 17 unspecified atom stereocenters. The molecule has 0 aromatic carbocycles. The Bertz CT molecular complexity index is 1810. The van der Waals surface area contributed by atoms with Crippen LogP contribution in [0.3, 0.4) is 0 Å². The number of carbonyl (C=O) groups is 1. The molecule has 0 saturated carbocycles. The molecule has 19 nitrogen and oxygen atoms in total. The number of unbranched alkanes of at least 4 members (excludes halogenated alkanes) is 15. The minimum absolute atomic E-state index is 0.191. The molecule has 81 heavy (non-hydrogen) atoms. The number of amides is 1. The summed E-state index contributed by atoms with van der Waals surface area (Å²) in [5, 5.41) is 120. The van der Waals surface area contributed by atoms with E-state index in [0.717, 1.165) is 70.6 Å². The highest BCUT2D eigenvalue weighted by atomic mass is 16.8. The molecule has 3 aliphatic heterocycles. The molecular formula is C62H105NO18. The Labute approximate surface area is 482 Å². The molecule has 12 N–H and O–H groups in total. The molecule has 0 aromatic heterocycles. The number of hydrogen-bond acceptors (Lipinski definition) is 18. The Morgan fingerprint density at radius 1 is 0.457 bits per heavy atom. The minimum Gasteiger partial charge on any atom is -0.394 e. The topological polar surface area (TPSA) is 307 Å². The first-order valence-corrected chi connectivity index (χ1v) is 30.3. The van der Waals surface area contributed by atoms with Gasteiger partial charge in [0.25, 0.3) is 0 Å². The van der Waals surface area contributed by atoms with Gasteiger partial charge in [-0.3, -0.25) is 4.79 Å². The van der Waals surface area contributed by atoms with E-state index in [1.54, 1.807) is 6.08 Å². The fraction of sp³-hybridized carbons (Fsp3) is 0.758. The summed E-state index contributed by atoms with van der Waals surface area (Å²) in [7, 11) is 0. The maximum Gasteiger partial charge on any atom is 0.220 e. The summed E-state index contributed by atoms with van der Waals surface area (Å²) >= 11 is 0. The number of aliphatic hydroxyl groups excluding tert-OH is 11. The number of carbonyl (C=O) groups excluding carboxylic acids is 1. The van der Waals surface area contributed by atoms with Gasteiger partial charge in [-0.1, -0.05) is 170 Å². The first kappa shape index (κ1) is 72.2. The summed E-state index contributed by atoms with van der Waals surface area (Å²) < 4.78 is 34.2. The molecule has 1 amide bonds. The molecule has 0 radical (unpaired) electrons. The summed E-state index contributed by atoms with van der Waals surface area (Å²) in [6.07, 6.45) is 27.0. The number of hydrogen-bond donors (Lipinski definition) is 12. The number of nitrogens with one attached hydrogen (secondary N) is 1. The minimum atomic E-state index is -1.99. The van der Waals surface area contributed by atoms with Crippen LogP contribution in [0, 0.1) is 0 Å². The van der Waals surface area contributed by atoms with E-state index in [9.17, 15) is 61.0 Å². The Hall–Kier alpha value is -3.03. The van der Waals surface area contributed by atoms with Crippen molar-refractivity contribution in [3.05, 3.63) is 85.1 Å². The predicted octanol–water partition coefficient (Wildman–Crippen LogP) is 5.59. The smallest absolute Gasteiger partial charge is 0.220 e. The van der Waals surface area contributed by atoms with Crippen molar-refractivity contribution in [1.82, 2.24) is 5.32 Å². The molecule has 3 heterocycles. The Morgan fingerprint density at radius 3 is 1.38 bits per heavy atom. The molecule has 0 bridgehead atoms. The number of ether oxygens (including phenoxy) is 6. The summed E-state index contributed by atoms with van der Waals surface area (Å²) in [5.41, 5.74) is 0. The van der Waals surface area contributed by atoms with Crippen LogP contribution in [0.25, 0.3) is 0 Å². The van der Waals surface area contributed by atoms with E-state index in [2.05, 4.69) is 92.1 Å². The van der Waals surface area contributed by atoms with Gasteiger partial charge >= 0.3 is 0 Å². The summed E-state index contributed by atoms with van der Waals surface area (Å²) in [6, 6.07) is -1.01. The third-order valence-electron chi connectivity index (χ3n) is 14.7. The standard InChI is InChI=1S/C62H105NO18/c1-3-5-7-9-11-13-15-17-19-21-22-24-26-28-30-32-34-36-38-40-50(68)63-45(46(67)39-37-35-33-31-29-27-25-23-20-18-16-14-12-10-8-6-4-2)44-76-60-56(74)53(71)58(48(42-65)78-60)81-62-57(75)54(72)59(49(43-66)79-62)80-61-55(73)52(70)51(69)47(41-64)77-61/h5,7,11,13,17,19,22,24,28-31,37,39,45-49,51-62,64-67,69-75H,3-4,6,8-10,12,14-16,18,20-21,23,25-27,32-36,38,40-44H2,1-2H3,(H,63,68)/b7-5-,13-11-,19-17-,24-22-,30-28-,31-29+,39-37+. The van der Waals surface area contributed by atoms with Crippen molar-refractivity contribution in [1.29, 1.82) is 0 Å². The van der Waals surface area contributed by atoms with E-state index in [0.29, 0.717) is 12.8 Å². The summed E-state index contributed by atoms with van der Waals surface area (Å²) in [5.74, 6) is -0.321. The lowest BCUT2D eigenvalue weighted by atomic mass is 9.96. The molecule has 466 valence electrons. The van der Waals surface area contributed by atoms with E-state index < -0.39 is 124 Å². The largest absolute Gasteiger partial charge is 0.394 e. The van der Waals surface area contributed by atoms with E-state index >= 15 is 0 Å². The van der Waals surface area contributed by atoms with Crippen molar-refractivity contribution in [3.8, 4) is 0 Å². The number of allylic oxidation sites excluding steroid dienone is 13. The van der Waals surface area contributed by atoms with Gasteiger partial charge in [0, 0.05) is 6.42 Å². The van der Waals surface area contributed by atoms with Crippen molar-refractivity contribution in [3.63, 3.8) is 0 Å². The quantitative estimate of drug-likeness (QED) is 0.0261. The van der Waals surface area contributed by atoms with Crippen LogP contribution in [0.1, 0.15) is 168 Å². The van der Waals surface area contributed by atoms with Crippen LogP contribution in [0.2, 0.25) is 0 Å². The van der Waals surface area contributed by atoms with Gasteiger partial charge in [-0.05, 0) is 77.0 Å². The van der Waals surface area contributed by atoms with E-state index in [4.69, 9.17) is 28.4 Å². The second kappa shape index (κ2) is 44.4. The molecule has 3 rings (SSSR count). The molecule has 0 spiro atoms. The molecule has 17 atom stereocenters. The van der Waals surface area contributed by atoms with Gasteiger partial charge in [0.05, 0.1) is 38.6 Å². The van der Waals surface area contributed by atoms with Crippen LogP contribution in [0.4, 0.5) is 0 Å². The van der Waals surface area contributed by atoms with Gasteiger partial charge in [0.2, 0.25) is 5.91 Å². The lowest BCUT2D eigenvalue weighted by Gasteiger charge is -2.48. The van der Waals surface area contributed by atoms with Crippen molar-refractivity contribution < 1.29 is 89.4 Å². The van der Waals surface area contributed by atoms with Crippen LogP contribution in [-0.4, -0.2) is 193 Å². The lowest BCUT2D eigenvalue weighted by Crippen LogP contribution is -2.66. The van der Waals surface area contributed by atoms with Gasteiger partial charge in [0.15, 0.2) is 18.9 Å². The molecule has 0 aliphatic carbocycles. The van der Waals surface area contributed by atoms with Crippen LogP contribution in [-0.2, 0) is 33.2 Å². The molecule has 3 fully saturated rings. The van der Waals surface area contributed by atoms with Crippen LogP contribution in [0.15, 0.2) is 85.1 Å². The first-order valence-electron chi connectivity index (χ1n) is 30.3. The maximum atomic E-state index is 13.3. The third-order valence-corrected chi connectivity index (χ3v) is 14.7. The number of rotatable bonds is 43. The zero-order valence-corrected chi connectivity index (χ0v) is 48.5. The van der Waals surface area contributed by atoms with Crippen molar-refractivity contribution in [2.45, 2.75) is 272 Å². The second-order valence-electron chi connectivity index (χ2n) is 21.4. The van der Waals surface area contributed by atoms with Crippen LogP contribution < -0.4 is 5.32 Å². The molecular weight excluding hydrogens is 1050 g/mol. The van der Waals surface area contributed by atoms with E-state index in [1.165, 1.54) is 64.2 Å². The lowest BCUT2D eigenvalue weighted by molar-refractivity contribution is -0.379. The fourth-order valence-corrected chi connectivity index (χ4v) is 9.70. The van der Waals surface area contributed by atoms with Gasteiger partial charge < -0.3 is 89.9 Å². The Morgan fingerprint density at radius 2 is 0.864 bits per heavy atom. The summed E-state index contributed by atoms with van der Waals surface area (Å²) in [6.45, 7) is 1.54. The van der Waals surface area contributed by atoms with Gasteiger partial charge in [-0.2, -0.15) is 0 Å². The average Bonchev–Trinajstić information content (AvgIpc) is 3.51. The Kier molecular flexibility index (Phi) is 39.6. The highest BCUT2D eigenvalue weighted by Crippen LogP contribution is 2.33. The van der Waals surface area contributed by atoms with Crippen LogP contribution in [0.5, 0.6) is 0 Å². The van der Waals surface area contributed by atoms with Gasteiger partial charge in [0.1, 0.15) is 73.2 Å². The normalized spacial score (nSPS) is 30.4. The first-order chi connectivity index (χ1) is 39.3. The molecule has 0 aromatic rings. The fourth-order valence-electron chi connectivity index (χ4n) is 9.70. The van der Waals surface area contributed by atoms with Crippen molar-refractivity contribution in [2.24, 2.45) is 0 Å². The van der Waals surface area contributed by atoms with Crippen LogP contribution >= 0.6 is 0 Å². The average molecular weight is 1150 g/mol. The van der Waals surface area contributed by atoms with E-state index in [1.807, 2.05) is 6.08 Å². The Balaban J connectivity index is 1.53. The SMILES string of the molecule is CC/C=C\C/C=C\C/C=C\C/C=C\C/C=C\CCCCCC(=O)NC(COC1OC(CO)C(OC2OC(CO)C(OC3OC(CO)C(O)C(O)C3O)C(O)C2O)C(O)C1O)C(O)/C=C/CC/C=C/CCCCCCCCCCCCC. The van der Waals surface area contributed by atoms with Gasteiger partial charge in [-0.15, -0.1) is 0 Å². The highest BCUT2D eigenvalue weighted by molar-refractivity contribution is 5.76. The molecule has 3 saturated heterocycles. The molecule has 19 heteroatoms. The predicted molar refractivity (Wildman–Crippen MR) is 309 cm³/mol. The second-order valence-corrected chi connectivity index (χ2v) is 21.4. The summed E-state index contributed by atoms with van der Waals surface area (Å²) in [4.78, 5) is 13.3.